The third-order valence-corrected chi connectivity index (χ3v) is 2.10. The number of carbonyl (C=O) groups is 1. The van der Waals surface area contributed by atoms with Crippen LogP contribution in [0.15, 0.2) is 31.0 Å². The molecule has 0 fully saturated rings. The molecule has 2 aromatic heterocycles. The predicted octanol–water partition coefficient (Wildman–Crippen LogP) is 0.284. The fourth-order valence-electron chi connectivity index (χ4n) is 1.27. The van der Waals surface area contributed by atoms with E-state index in [1.165, 1.54) is 12.5 Å². The Kier molecular flexibility index (Phi) is 3.29. The zero-order chi connectivity index (χ0) is 12.1. The molecule has 0 saturated carbocycles. The summed E-state index contributed by atoms with van der Waals surface area (Å²) in [5, 5.41) is 6.62. The van der Waals surface area contributed by atoms with E-state index in [4.69, 9.17) is 5.73 Å². The van der Waals surface area contributed by atoms with Gasteiger partial charge in [-0.1, -0.05) is 0 Å². The number of rotatable bonds is 4. The van der Waals surface area contributed by atoms with Crippen molar-refractivity contribution in [1.82, 2.24) is 19.7 Å². The van der Waals surface area contributed by atoms with Crippen LogP contribution >= 0.6 is 0 Å². The number of aromatic nitrogens is 4. The molecular formula is C10H12N6O. The maximum absolute atomic E-state index is 11.6. The number of nitrogens with zero attached hydrogens (tertiary/aromatic N) is 4. The Labute approximate surface area is 97.7 Å². The zero-order valence-corrected chi connectivity index (χ0v) is 9.08. The highest BCUT2D eigenvalue weighted by Crippen LogP contribution is 2.07. The summed E-state index contributed by atoms with van der Waals surface area (Å²) in [6.45, 7) is 0.494. The van der Waals surface area contributed by atoms with Crippen molar-refractivity contribution in [2.24, 2.45) is 0 Å². The van der Waals surface area contributed by atoms with E-state index in [9.17, 15) is 4.79 Å². The number of pyridine rings is 1. The van der Waals surface area contributed by atoms with E-state index in [1.807, 2.05) is 0 Å². The van der Waals surface area contributed by atoms with Crippen LogP contribution in [-0.4, -0.2) is 25.7 Å². The molecule has 0 radical (unpaired) electrons. The number of nitrogen functional groups attached to an aromatic ring is 1. The number of hydrogen-bond donors (Lipinski definition) is 2. The van der Waals surface area contributed by atoms with Gasteiger partial charge < -0.3 is 11.1 Å². The second kappa shape index (κ2) is 5.06. The van der Waals surface area contributed by atoms with Crippen LogP contribution in [0.2, 0.25) is 0 Å². The summed E-state index contributed by atoms with van der Waals surface area (Å²) >= 11 is 0. The standard InChI is InChI=1S/C10H12N6O/c11-9-2-1-8(5-13-9)15-10(17)3-4-16-7-12-6-14-16/h1-2,5-7H,3-4H2,(H2,11,13)(H,15,17). The van der Waals surface area contributed by atoms with Gasteiger partial charge in [0.25, 0.3) is 0 Å². The molecule has 0 aliphatic heterocycles. The lowest BCUT2D eigenvalue weighted by atomic mass is 10.3. The monoisotopic (exact) mass is 232 g/mol. The smallest absolute Gasteiger partial charge is 0.226 e. The molecule has 7 nitrogen and oxygen atoms in total. The summed E-state index contributed by atoms with van der Waals surface area (Å²) in [6.07, 6.45) is 4.84. The molecule has 0 bridgehead atoms. The highest BCUT2D eigenvalue weighted by atomic mass is 16.1. The minimum absolute atomic E-state index is 0.105. The van der Waals surface area contributed by atoms with Crippen LogP contribution in [0.1, 0.15) is 6.42 Å². The first-order valence-electron chi connectivity index (χ1n) is 5.08. The maximum atomic E-state index is 11.6. The summed E-state index contributed by atoms with van der Waals surface area (Å²) in [6, 6.07) is 3.34. The quantitative estimate of drug-likeness (QED) is 0.789. The number of hydrogen-bond acceptors (Lipinski definition) is 5. The van der Waals surface area contributed by atoms with Gasteiger partial charge in [-0.3, -0.25) is 9.48 Å². The molecule has 7 heteroatoms. The Morgan fingerprint density at radius 2 is 2.35 bits per heavy atom. The predicted molar refractivity (Wildman–Crippen MR) is 61.9 cm³/mol. The van der Waals surface area contributed by atoms with Gasteiger partial charge in [-0.05, 0) is 12.1 Å². The lowest BCUT2D eigenvalue weighted by molar-refractivity contribution is -0.116. The molecule has 0 aliphatic carbocycles. The third kappa shape index (κ3) is 3.26. The molecule has 0 aromatic carbocycles. The van der Waals surface area contributed by atoms with Gasteiger partial charge in [0.1, 0.15) is 18.5 Å². The van der Waals surface area contributed by atoms with Crippen LogP contribution < -0.4 is 11.1 Å². The minimum atomic E-state index is -0.105. The van der Waals surface area contributed by atoms with Crippen LogP contribution in [0.5, 0.6) is 0 Å². The molecule has 1 amide bonds. The van der Waals surface area contributed by atoms with E-state index in [1.54, 1.807) is 23.1 Å². The molecule has 2 heterocycles. The van der Waals surface area contributed by atoms with Crippen LogP contribution in [0.25, 0.3) is 0 Å². The summed E-state index contributed by atoms with van der Waals surface area (Å²) in [4.78, 5) is 19.2. The normalized spacial score (nSPS) is 10.1. The average Bonchev–Trinajstić information content (AvgIpc) is 2.83. The molecule has 88 valence electrons. The molecule has 17 heavy (non-hydrogen) atoms. The summed E-state index contributed by atoms with van der Waals surface area (Å²) < 4.78 is 1.60. The summed E-state index contributed by atoms with van der Waals surface area (Å²) in [5.41, 5.74) is 6.07. The van der Waals surface area contributed by atoms with Gasteiger partial charge in [-0.15, -0.1) is 0 Å². The van der Waals surface area contributed by atoms with Crippen LogP contribution in [0.3, 0.4) is 0 Å². The van der Waals surface area contributed by atoms with Crippen LogP contribution in [0, 0.1) is 0 Å². The number of carbonyl (C=O) groups excluding carboxylic acids is 1. The second-order valence-electron chi connectivity index (χ2n) is 3.43. The van der Waals surface area contributed by atoms with E-state index in [-0.39, 0.29) is 5.91 Å². The molecule has 0 spiro atoms. The molecule has 0 unspecified atom stereocenters. The average molecular weight is 232 g/mol. The van der Waals surface area contributed by atoms with Crippen molar-refractivity contribution in [2.75, 3.05) is 11.1 Å². The van der Waals surface area contributed by atoms with Gasteiger partial charge in [0, 0.05) is 6.42 Å². The van der Waals surface area contributed by atoms with Crippen molar-refractivity contribution in [3.8, 4) is 0 Å². The minimum Gasteiger partial charge on any atom is -0.384 e. The first kappa shape index (κ1) is 11.1. The van der Waals surface area contributed by atoms with E-state index < -0.39 is 0 Å². The van der Waals surface area contributed by atoms with Crippen LogP contribution in [-0.2, 0) is 11.3 Å². The van der Waals surface area contributed by atoms with Gasteiger partial charge in [0.15, 0.2) is 0 Å². The van der Waals surface area contributed by atoms with Crippen molar-refractivity contribution in [1.29, 1.82) is 0 Å². The lowest BCUT2D eigenvalue weighted by Crippen LogP contribution is -2.14. The Bertz CT molecular complexity index is 478. The number of amides is 1. The summed E-state index contributed by atoms with van der Waals surface area (Å²) in [7, 11) is 0. The zero-order valence-electron chi connectivity index (χ0n) is 9.08. The van der Waals surface area contributed by atoms with E-state index in [0.717, 1.165) is 0 Å². The second-order valence-corrected chi connectivity index (χ2v) is 3.43. The van der Waals surface area contributed by atoms with Crippen molar-refractivity contribution >= 4 is 17.4 Å². The van der Waals surface area contributed by atoms with Crippen molar-refractivity contribution < 1.29 is 4.79 Å². The van der Waals surface area contributed by atoms with Gasteiger partial charge in [-0.25, -0.2) is 9.97 Å². The fraction of sp³-hybridized carbons (Fsp3) is 0.200. The lowest BCUT2D eigenvalue weighted by Gasteiger charge is -2.04. The van der Waals surface area contributed by atoms with Crippen molar-refractivity contribution in [3.05, 3.63) is 31.0 Å². The Balaban J connectivity index is 1.83. The highest BCUT2D eigenvalue weighted by molar-refractivity contribution is 5.90. The molecular weight excluding hydrogens is 220 g/mol. The third-order valence-electron chi connectivity index (χ3n) is 2.10. The van der Waals surface area contributed by atoms with E-state index >= 15 is 0 Å². The first-order chi connectivity index (χ1) is 8.24. The van der Waals surface area contributed by atoms with Crippen molar-refractivity contribution in [2.45, 2.75) is 13.0 Å². The van der Waals surface area contributed by atoms with E-state index in [0.29, 0.717) is 24.5 Å². The van der Waals surface area contributed by atoms with Gasteiger partial charge in [0.05, 0.1) is 18.4 Å². The molecule has 3 N–H and O–H groups in total. The number of anilines is 2. The van der Waals surface area contributed by atoms with Gasteiger partial charge in [-0.2, -0.15) is 5.10 Å². The number of nitrogens with two attached hydrogens (primary N) is 1. The molecule has 0 saturated heterocycles. The maximum Gasteiger partial charge on any atom is 0.226 e. The van der Waals surface area contributed by atoms with Gasteiger partial charge in [0.2, 0.25) is 5.91 Å². The Morgan fingerprint density at radius 1 is 1.47 bits per heavy atom. The number of nitrogens with one attached hydrogen (secondary N) is 1. The topological polar surface area (TPSA) is 98.7 Å². The van der Waals surface area contributed by atoms with Gasteiger partial charge >= 0.3 is 0 Å². The molecule has 2 aromatic rings. The highest BCUT2D eigenvalue weighted by Gasteiger charge is 2.03. The fourth-order valence-corrected chi connectivity index (χ4v) is 1.27. The van der Waals surface area contributed by atoms with Crippen LogP contribution in [0.4, 0.5) is 11.5 Å². The van der Waals surface area contributed by atoms with E-state index in [2.05, 4.69) is 20.4 Å². The summed E-state index contributed by atoms with van der Waals surface area (Å²) in [5.74, 6) is 0.317. The Hall–Kier alpha value is -2.44. The van der Waals surface area contributed by atoms with Crippen molar-refractivity contribution in [3.63, 3.8) is 0 Å². The Morgan fingerprint density at radius 3 is 3.00 bits per heavy atom. The largest absolute Gasteiger partial charge is 0.384 e. The number of aryl methyl sites for hydroxylation is 1. The molecule has 2 rings (SSSR count). The SMILES string of the molecule is Nc1ccc(NC(=O)CCn2cncn2)cn1. The molecule has 0 aliphatic rings. The molecule has 0 atom stereocenters. The first-order valence-corrected chi connectivity index (χ1v) is 5.08.